The molecule has 1 aromatic rings. The lowest BCUT2D eigenvalue weighted by Gasteiger charge is -2.27. The second-order valence-corrected chi connectivity index (χ2v) is 7.27. The Bertz CT molecular complexity index is 504. The zero-order chi connectivity index (χ0) is 14.0. The Morgan fingerprint density at radius 3 is 2.44 bits per heavy atom. The highest BCUT2D eigenvalue weighted by atomic mass is 32.2. The standard InChI is InChI=1S/C13H22N2O2S/c1-10(13(2,3)4)15-18(16,17)12-7-5-6-11(8-12)9-14/h5-8,10,15H,9,14H2,1-4H3. The molecule has 0 aromatic heterocycles. The van der Waals surface area contributed by atoms with Crippen LogP contribution in [0, 0.1) is 5.41 Å². The largest absolute Gasteiger partial charge is 0.326 e. The number of hydrogen-bond acceptors (Lipinski definition) is 3. The van der Waals surface area contributed by atoms with Gasteiger partial charge in [-0.1, -0.05) is 32.9 Å². The van der Waals surface area contributed by atoms with E-state index in [2.05, 4.69) is 4.72 Å². The van der Waals surface area contributed by atoms with Gasteiger partial charge in [-0.2, -0.15) is 0 Å². The summed E-state index contributed by atoms with van der Waals surface area (Å²) in [7, 11) is -3.48. The van der Waals surface area contributed by atoms with Crippen molar-refractivity contribution in [2.45, 2.75) is 45.2 Å². The Morgan fingerprint density at radius 1 is 1.33 bits per heavy atom. The Morgan fingerprint density at radius 2 is 1.94 bits per heavy atom. The lowest BCUT2D eigenvalue weighted by molar-refractivity contribution is 0.317. The van der Waals surface area contributed by atoms with Crippen molar-refractivity contribution >= 4 is 10.0 Å². The van der Waals surface area contributed by atoms with Crippen LogP contribution in [-0.4, -0.2) is 14.5 Å². The Kier molecular flexibility index (Phi) is 4.53. The minimum absolute atomic E-state index is 0.126. The van der Waals surface area contributed by atoms with Crippen molar-refractivity contribution in [3.8, 4) is 0 Å². The molecule has 0 radical (unpaired) electrons. The summed E-state index contributed by atoms with van der Waals surface area (Å²) in [5.41, 5.74) is 6.20. The van der Waals surface area contributed by atoms with E-state index in [1.807, 2.05) is 33.8 Å². The molecule has 18 heavy (non-hydrogen) atoms. The first-order valence-electron chi connectivity index (χ1n) is 5.98. The van der Waals surface area contributed by atoms with Crippen molar-refractivity contribution < 1.29 is 8.42 Å². The minimum Gasteiger partial charge on any atom is -0.326 e. The average molecular weight is 270 g/mol. The van der Waals surface area contributed by atoms with Crippen LogP contribution in [0.1, 0.15) is 33.3 Å². The van der Waals surface area contributed by atoms with Crippen molar-refractivity contribution in [2.75, 3.05) is 0 Å². The van der Waals surface area contributed by atoms with Crippen LogP contribution >= 0.6 is 0 Å². The van der Waals surface area contributed by atoms with Gasteiger partial charge in [0, 0.05) is 12.6 Å². The van der Waals surface area contributed by atoms with Gasteiger partial charge in [0.25, 0.3) is 0 Å². The zero-order valence-electron chi connectivity index (χ0n) is 11.4. The average Bonchev–Trinajstić information content (AvgIpc) is 2.27. The number of sulfonamides is 1. The maximum Gasteiger partial charge on any atom is 0.240 e. The molecule has 1 aromatic carbocycles. The molecule has 0 amide bonds. The van der Waals surface area contributed by atoms with Crippen molar-refractivity contribution in [2.24, 2.45) is 11.1 Å². The van der Waals surface area contributed by atoms with Gasteiger partial charge in [0.05, 0.1) is 4.90 Å². The lowest BCUT2D eigenvalue weighted by atomic mass is 9.89. The molecular formula is C13H22N2O2S. The van der Waals surface area contributed by atoms with E-state index < -0.39 is 10.0 Å². The van der Waals surface area contributed by atoms with Crippen LogP contribution in [0.15, 0.2) is 29.2 Å². The summed E-state index contributed by atoms with van der Waals surface area (Å²) < 4.78 is 27.1. The molecule has 1 unspecified atom stereocenters. The van der Waals surface area contributed by atoms with Crippen LogP contribution in [0.4, 0.5) is 0 Å². The summed E-state index contributed by atoms with van der Waals surface area (Å²) in [6, 6.07) is 6.56. The smallest absolute Gasteiger partial charge is 0.240 e. The van der Waals surface area contributed by atoms with Crippen LogP contribution < -0.4 is 10.5 Å². The van der Waals surface area contributed by atoms with Gasteiger partial charge in [-0.05, 0) is 30.0 Å². The number of rotatable bonds is 4. The maximum absolute atomic E-state index is 12.2. The molecule has 0 heterocycles. The third kappa shape index (κ3) is 3.80. The van der Waals surface area contributed by atoms with Crippen molar-refractivity contribution in [3.05, 3.63) is 29.8 Å². The Labute approximate surface area is 110 Å². The highest BCUT2D eigenvalue weighted by molar-refractivity contribution is 7.89. The number of benzene rings is 1. The van der Waals surface area contributed by atoms with E-state index in [0.717, 1.165) is 5.56 Å². The monoisotopic (exact) mass is 270 g/mol. The van der Waals surface area contributed by atoms with Crippen LogP contribution in [0.2, 0.25) is 0 Å². The zero-order valence-corrected chi connectivity index (χ0v) is 12.2. The predicted octanol–water partition coefficient (Wildman–Crippen LogP) is 1.86. The minimum atomic E-state index is -3.48. The first kappa shape index (κ1) is 15.1. The van der Waals surface area contributed by atoms with Crippen LogP contribution in [-0.2, 0) is 16.6 Å². The van der Waals surface area contributed by atoms with Gasteiger partial charge < -0.3 is 5.73 Å². The fourth-order valence-corrected chi connectivity index (χ4v) is 2.84. The number of hydrogen-bond donors (Lipinski definition) is 2. The molecule has 3 N–H and O–H groups in total. The highest BCUT2D eigenvalue weighted by Gasteiger charge is 2.25. The molecule has 0 aliphatic heterocycles. The lowest BCUT2D eigenvalue weighted by Crippen LogP contribution is -2.41. The second-order valence-electron chi connectivity index (χ2n) is 5.56. The quantitative estimate of drug-likeness (QED) is 0.877. The first-order chi connectivity index (χ1) is 8.16. The predicted molar refractivity (Wildman–Crippen MR) is 73.6 cm³/mol. The summed E-state index contributed by atoms with van der Waals surface area (Å²) >= 11 is 0. The molecule has 0 aliphatic carbocycles. The molecule has 5 heteroatoms. The van der Waals surface area contributed by atoms with Crippen molar-refractivity contribution in [1.82, 2.24) is 4.72 Å². The summed E-state index contributed by atoms with van der Waals surface area (Å²) in [6.45, 7) is 8.19. The van der Waals surface area contributed by atoms with Gasteiger partial charge in [0.2, 0.25) is 10.0 Å². The molecular weight excluding hydrogens is 248 g/mol. The first-order valence-corrected chi connectivity index (χ1v) is 7.46. The van der Waals surface area contributed by atoms with E-state index in [4.69, 9.17) is 5.73 Å². The van der Waals surface area contributed by atoms with Gasteiger partial charge >= 0.3 is 0 Å². The molecule has 0 bridgehead atoms. The Hall–Kier alpha value is -0.910. The summed E-state index contributed by atoms with van der Waals surface area (Å²) in [5.74, 6) is 0. The van der Waals surface area contributed by atoms with Crippen LogP contribution in [0.5, 0.6) is 0 Å². The summed E-state index contributed by atoms with van der Waals surface area (Å²) in [4.78, 5) is 0.265. The van der Waals surface area contributed by atoms with Crippen LogP contribution in [0.3, 0.4) is 0 Å². The molecule has 0 spiro atoms. The fourth-order valence-electron chi connectivity index (χ4n) is 1.32. The van der Waals surface area contributed by atoms with Crippen LogP contribution in [0.25, 0.3) is 0 Å². The maximum atomic E-state index is 12.2. The van der Waals surface area contributed by atoms with E-state index >= 15 is 0 Å². The molecule has 102 valence electrons. The van der Waals surface area contributed by atoms with Gasteiger partial charge in [0.1, 0.15) is 0 Å². The third-order valence-corrected chi connectivity index (χ3v) is 4.61. The fraction of sp³-hybridized carbons (Fsp3) is 0.538. The molecule has 4 nitrogen and oxygen atoms in total. The molecule has 0 saturated heterocycles. The molecule has 1 atom stereocenters. The molecule has 1 rings (SSSR count). The second kappa shape index (κ2) is 5.38. The third-order valence-electron chi connectivity index (χ3n) is 3.08. The SMILES string of the molecule is CC(NS(=O)(=O)c1cccc(CN)c1)C(C)(C)C. The van der Waals surface area contributed by atoms with E-state index in [-0.39, 0.29) is 16.4 Å². The van der Waals surface area contributed by atoms with E-state index in [1.54, 1.807) is 18.2 Å². The van der Waals surface area contributed by atoms with Gasteiger partial charge in [-0.3, -0.25) is 0 Å². The van der Waals surface area contributed by atoms with Gasteiger partial charge in [-0.25, -0.2) is 13.1 Å². The Balaban J connectivity index is 3.00. The molecule has 0 fully saturated rings. The topological polar surface area (TPSA) is 72.2 Å². The van der Waals surface area contributed by atoms with E-state index in [0.29, 0.717) is 6.54 Å². The molecule has 0 aliphatic rings. The van der Waals surface area contributed by atoms with Crippen molar-refractivity contribution in [3.63, 3.8) is 0 Å². The number of nitrogens with one attached hydrogen (secondary N) is 1. The van der Waals surface area contributed by atoms with Gasteiger partial charge in [0.15, 0.2) is 0 Å². The van der Waals surface area contributed by atoms with Gasteiger partial charge in [-0.15, -0.1) is 0 Å². The van der Waals surface area contributed by atoms with E-state index in [1.165, 1.54) is 0 Å². The normalized spacial score (nSPS) is 14.5. The summed E-state index contributed by atoms with van der Waals surface area (Å²) in [6.07, 6.45) is 0. The molecule has 0 saturated carbocycles. The highest BCUT2D eigenvalue weighted by Crippen LogP contribution is 2.21. The summed E-state index contributed by atoms with van der Waals surface area (Å²) in [5, 5.41) is 0. The van der Waals surface area contributed by atoms with E-state index in [9.17, 15) is 8.42 Å². The number of nitrogens with two attached hydrogens (primary N) is 1. The van der Waals surface area contributed by atoms with Crippen molar-refractivity contribution in [1.29, 1.82) is 0 Å².